The van der Waals surface area contributed by atoms with E-state index in [0.29, 0.717) is 18.1 Å². The molecular weight excluding hydrogens is 478 g/mol. The van der Waals surface area contributed by atoms with Crippen LogP contribution in [0, 0.1) is 0 Å². The highest BCUT2D eigenvalue weighted by Gasteiger charge is 2.43. The van der Waals surface area contributed by atoms with Crippen LogP contribution in [0.5, 0.6) is 0 Å². The third-order valence-corrected chi connectivity index (χ3v) is 6.35. The van der Waals surface area contributed by atoms with Crippen LogP contribution < -0.4 is 5.73 Å². The first-order chi connectivity index (χ1) is 13.7. The van der Waals surface area contributed by atoms with E-state index in [1.165, 1.54) is 0 Å². The van der Waals surface area contributed by atoms with Crippen molar-refractivity contribution in [3.63, 3.8) is 0 Å². The van der Waals surface area contributed by atoms with Gasteiger partial charge in [-0.15, -0.1) is 29.9 Å². The summed E-state index contributed by atoms with van der Waals surface area (Å²) in [4.78, 5) is 17.9. The lowest BCUT2D eigenvalue weighted by atomic mass is 9.68. The minimum absolute atomic E-state index is 0. The third kappa shape index (κ3) is 4.79. The molecule has 1 saturated carbocycles. The fourth-order valence-corrected chi connectivity index (χ4v) is 4.64. The van der Waals surface area contributed by atoms with Crippen LogP contribution >= 0.6 is 36.4 Å². The van der Waals surface area contributed by atoms with Crippen LogP contribution in [0.4, 0.5) is 13.2 Å². The Hall–Kier alpha value is -1.55. The molecule has 1 aliphatic carbocycles. The summed E-state index contributed by atoms with van der Waals surface area (Å²) in [5.74, 6) is -2.00. The number of nitrogens with zero attached hydrogens (tertiary/aromatic N) is 4. The molecule has 0 bridgehead atoms. The van der Waals surface area contributed by atoms with Crippen molar-refractivity contribution in [1.29, 1.82) is 0 Å². The second-order valence-electron chi connectivity index (χ2n) is 7.70. The normalized spacial score (nSPS) is 23.6. The van der Waals surface area contributed by atoms with E-state index >= 15 is 0 Å². The number of hydrogen-bond acceptors (Lipinski definition) is 4. The first-order valence-electron chi connectivity index (χ1n) is 9.53. The number of aromatic nitrogens is 3. The molecule has 2 aromatic rings. The molecule has 0 atom stereocenters. The Morgan fingerprint density at radius 1 is 1.19 bits per heavy atom. The average Bonchev–Trinajstić information content (AvgIpc) is 3.14. The molecule has 172 valence electrons. The molecule has 6 nitrogen and oxygen atoms in total. The molecule has 1 aromatic carbocycles. The molecule has 1 fully saturated rings. The van der Waals surface area contributed by atoms with Gasteiger partial charge in [0.2, 0.25) is 5.82 Å². The fraction of sp³-hybridized carbons (Fsp3) is 0.526. The Kier molecular flexibility index (Phi) is 7.90. The van der Waals surface area contributed by atoms with Gasteiger partial charge < -0.3 is 10.6 Å². The van der Waals surface area contributed by atoms with Crippen molar-refractivity contribution < 1.29 is 18.0 Å². The van der Waals surface area contributed by atoms with Gasteiger partial charge in [0.25, 0.3) is 11.7 Å². The SMILES string of the molecule is Cl.Cl.NC[C@]1(c2cccc(Cl)c2)CC[C@@H](N2CCn3nc(C(F)(F)F)nc3C2=O)CC1. The molecule has 1 aliphatic heterocycles. The maximum absolute atomic E-state index is 12.9. The average molecular weight is 501 g/mol. The van der Waals surface area contributed by atoms with E-state index in [-0.39, 0.29) is 48.6 Å². The van der Waals surface area contributed by atoms with E-state index in [2.05, 4.69) is 10.1 Å². The smallest absolute Gasteiger partial charge is 0.331 e. The van der Waals surface area contributed by atoms with Gasteiger partial charge in [0.15, 0.2) is 0 Å². The van der Waals surface area contributed by atoms with Crippen LogP contribution in [0.1, 0.15) is 47.7 Å². The predicted octanol–water partition coefficient (Wildman–Crippen LogP) is 4.09. The Bertz CT molecular complexity index is 929. The van der Waals surface area contributed by atoms with Gasteiger partial charge in [-0.05, 0) is 43.4 Å². The lowest BCUT2D eigenvalue weighted by Gasteiger charge is -2.44. The molecule has 0 unspecified atom stereocenters. The number of halogens is 6. The summed E-state index contributed by atoms with van der Waals surface area (Å²) in [5.41, 5.74) is 7.01. The molecular formula is C19H23Cl3F3N5O. The van der Waals surface area contributed by atoms with E-state index in [1.54, 1.807) is 4.90 Å². The van der Waals surface area contributed by atoms with E-state index in [4.69, 9.17) is 17.3 Å². The molecule has 1 aromatic heterocycles. The number of fused-ring (bicyclic) bond motifs is 1. The van der Waals surface area contributed by atoms with Gasteiger partial charge in [0.05, 0.1) is 6.54 Å². The molecule has 0 spiro atoms. The molecule has 31 heavy (non-hydrogen) atoms. The number of alkyl halides is 3. The van der Waals surface area contributed by atoms with Crippen LogP contribution in [0.25, 0.3) is 0 Å². The lowest BCUT2D eigenvalue weighted by molar-refractivity contribution is -0.145. The molecule has 12 heteroatoms. The zero-order valence-corrected chi connectivity index (χ0v) is 18.8. The van der Waals surface area contributed by atoms with Crippen LogP contribution in [-0.2, 0) is 18.1 Å². The van der Waals surface area contributed by atoms with E-state index in [9.17, 15) is 18.0 Å². The van der Waals surface area contributed by atoms with Crippen molar-refractivity contribution in [3.05, 3.63) is 46.5 Å². The maximum atomic E-state index is 12.9. The summed E-state index contributed by atoms with van der Waals surface area (Å²) < 4.78 is 39.7. The summed E-state index contributed by atoms with van der Waals surface area (Å²) in [7, 11) is 0. The van der Waals surface area contributed by atoms with Gasteiger partial charge in [-0.25, -0.2) is 4.68 Å². The van der Waals surface area contributed by atoms with Crippen LogP contribution in [0.3, 0.4) is 0 Å². The van der Waals surface area contributed by atoms with Gasteiger partial charge in [0, 0.05) is 29.6 Å². The Morgan fingerprint density at radius 2 is 1.87 bits per heavy atom. The Labute approximate surface area is 195 Å². The van der Waals surface area contributed by atoms with Crippen molar-refractivity contribution in [2.45, 2.75) is 49.9 Å². The molecule has 2 heterocycles. The standard InChI is InChI=1S/C19H21ClF3N5O.2ClH/c20-13-3-1-2-12(10-13)18(11-24)6-4-14(5-7-18)27-8-9-28-15(16(27)29)25-17(26-28)19(21,22)23;;/h1-3,10,14H,4-9,11,24H2;2*1H/t14-,18+;;. The number of nitrogens with two attached hydrogens (primary N) is 1. The van der Waals surface area contributed by atoms with Crippen molar-refractivity contribution in [3.8, 4) is 0 Å². The highest BCUT2D eigenvalue weighted by molar-refractivity contribution is 6.30. The monoisotopic (exact) mass is 499 g/mol. The summed E-state index contributed by atoms with van der Waals surface area (Å²) >= 11 is 6.15. The Morgan fingerprint density at radius 3 is 2.45 bits per heavy atom. The largest absolute Gasteiger partial charge is 0.453 e. The molecule has 1 amide bonds. The zero-order valence-electron chi connectivity index (χ0n) is 16.4. The van der Waals surface area contributed by atoms with Gasteiger partial charge in [-0.1, -0.05) is 23.7 Å². The zero-order chi connectivity index (χ0) is 20.8. The molecule has 2 aliphatic rings. The quantitative estimate of drug-likeness (QED) is 0.689. The van der Waals surface area contributed by atoms with Crippen molar-refractivity contribution in [2.24, 2.45) is 5.73 Å². The topological polar surface area (TPSA) is 77.0 Å². The minimum Gasteiger partial charge on any atom is -0.331 e. The highest BCUT2D eigenvalue weighted by Crippen LogP contribution is 2.41. The van der Waals surface area contributed by atoms with Crippen molar-refractivity contribution in [2.75, 3.05) is 13.1 Å². The van der Waals surface area contributed by atoms with Crippen molar-refractivity contribution in [1.82, 2.24) is 19.7 Å². The van der Waals surface area contributed by atoms with E-state index < -0.39 is 17.9 Å². The number of rotatable bonds is 3. The lowest BCUT2D eigenvalue weighted by Crippen LogP contribution is -2.51. The van der Waals surface area contributed by atoms with Gasteiger partial charge >= 0.3 is 6.18 Å². The van der Waals surface area contributed by atoms with Crippen LogP contribution in [0.15, 0.2) is 24.3 Å². The molecule has 0 saturated heterocycles. The van der Waals surface area contributed by atoms with Gasteiger partial charge in [0.1, 0.15) is 0 Å². The molecule has 2 N–H and O–H groups in total. The number of amides is 1. The number of carbonyl (C=O) groups excluding carboxylic acids is 1. The van der Waals surface area contributed by atoms with Gasteiger partial charge in [-0.3, -0.25) is 4.79 Å². The molecule has 0 radical (unpaired) electrons. The number of hydrogen-bond donors (Lipinski definition) is 1. The summed E-state index contributed by atoms with van der Waals surface area (Å²) in [6, 6.07) is 7.62. The van der Waals surface area contributed by atoms with Crippen LogP contribution in [0.2, 0.25) is 5.02 Å². The highest BCUT2D eigenvalue weighted by atomic mass is 35.5. The van der Waals surface area contributed by atoms with Crippen molar-refractivity contribution >= 4 is 42.3 Å². The Balaban J connectivity index is 0.00000171. The van der Waals surface area contributed by atoms with E-state index in [0.717, 1.165) is 35.9 Å². The summed E-state index contributed by atoms with van der Waals surface area (Å²) in [5, 5.41) is 4.10. The first-order valence-corrected chi connectivity index (χ1v) is 9.90. The predicted molar refractivity (Wildman–Crippen MR) is 115 cm³/mol. The number of carbonyl (C=O) groups is 1. The van der Waals surface area contributed by atoms with E-state index in [1.807, 2.05) is 24.3 Å². The summed E-state index contributed by atoms with van der Waals surface area (Å²) in [6.07, 6.45) is -1.68. The third-order valence-electron chi connectivity index (χ3n) is 6.11. The maximum Gasteiger partial charge on any atom is 0.453 e. The molecule has 4 rings (SSSR count). The fourth-order valence-electron chi connectivity index (χ4n) is 4.45. The first kappa shape index (κ1) is 25.7. The van der Waals surface area contributed by atoms with Crippen LogP contribution in [-0.4, -0.2) is 44.7 Å². The summed E-state index contributed by atoms with van der Waals surface area (Å²) in [6.45, 7) is 0.998. The number of benzene rings is 1. The second kappa shape index (κ2) is 9.52. The minimum atomic E-state index is -4.67. The second-order valence-corrected chi connectivity index (χ2v) is 8.14. The van der Waals surface area contributed by atoms with Gasteiger partial charge in [-0.2, -0.15) is 18.2 Å².